The van der Waals surface area contributed by atoms with Gasteiger partial charge in [0.25, 0.3) is 0 Å². The maximum Gasteiger partial charge on any atom is 0.311 e. The molecule has 4 rings (SSSR count). The molecule has 216 valence electrons. The van der Waals surface area contributed by atoms with E-state index in [9.17, 15) is 9.59 Å². The zero-order chi connectivity index (χ0) is 28.1. The van der Waals surface area contributed by atoms with Gasteiger partial charge in [-0.3, -0.25) is 9.59 Å². The smallest absolute Gasteiger partial charge is 0.311 e. The molecule has 0 amide bonds. The lowest BCUT2D eigenvalue weighted by atomic mass is 9.59. The molecule has 0 N–H and O–H groups in total. The molecular formula is C31H52O6Si. The van der Waals surface area contributed by atoms with Gasteiger partial charge in [0.15, 0.2) is 8.32 Å². The van der Waals surface area contributed by atoms with Crippen molar-refractivity contribution >= 4 is 20.3 Å². The fraction of sp³-hybridized carbons (Fsp3) is 0.871. The predicted molar refractivity (Wildman–Crippen MR) is 151 cm³/mol. The van der Waals surface area contributed by atoms with Crippen LogP contribution in [0.4, 0.5) is 0 Å². The highest BCUT2D eigenvalue weighted by molar-refractivity contribution is 6.74. The number of carbonyl (C=O) groups is 2. The summed E-state index contributed by atoms with van der Waals surface area (Å²) in [5, 5.41) is 0.0982. The van der Waals surface area contributed by atoms with Crippen molar-refractivity contribution in [1.82, 2.24) is 0 Å². The second-order valence-electron chi connectivity index (χ2n) is 14.8. The lowest BCUT2D eigenvalue weighted by Crippen LogP contribution is -2.54. The van der Waals surface area contributed by atoms with Gasteiger partial charge in [-0.25, -0.2) is 0 Å². The van der Waals surface area contributed by atoms with Gasteiger partial charge < -0.3 is 18.6 Å². The SMILES string of the molecule is CCC(C)(C)C(=O)O[C@H]1C[C@H]2CO[C@]3(C=C[C@H](C)[C@H](CC[C@@H]4C[C@@H](O[Si](C)(C)C(C)(C)C)CC(=O)O4)[C@@H]13)C2. The number of allylic oxidation sites excluding steroid dienone is 1. The summed E-state index contributed by atoms with van der Waals surface area (Å²) in [7, 11) is -1.98. The molecule has 3 fully saturated rings. The molecule has 8 atom stereocenters. The molecule has 0 unspecified atom stereocenters. The van der Waals surface area contributed by atoms with Gasteiger partial charge in [0.2, 0.25) is 0 Å². The molecule has 2 heterocycles. The minimum Gasteiger partial charge on any atom is -0.462 e. The van der Waals surface area contributed by atoms with Crippen molar-refractivity contribution in [1.29, 1.82) is 0 Å². The van der Waals surface area contributed by atoms with E-state index in [0.717, 1.165) is 45.1 Å². The Labute approximate surface area is 231 Å². The maximum absolute atomic E-state index is 13.2. The monoisotopic (exact) mass is 548 g/mol. The molecule has 0 aromatic heterocycles. The predicted octanol–water partition coefficient (Wildman–Crippen LogP) is 6.83. The molecule has 0 aromatic carbocycles. The number of cyclic esters (lactones) is 1. The molecule has 4 aliphatic rings. The van der Waals surface area contributed by atoms with Gasteiger partial charge in [0.1, 0.15) is 12.2 Å². The minimum atomic E-state index is -1.98. The first kappa shape index (κ1) is 29.8. The van der Waals surface area contributed by atoms with Gasteiger partial charge in [-0.2, -0.15) is 0 Å². The van der Waals surface area contributed by atoms with Crippen molar-refractivity contribution in [3.63, 3.8) is 0 Å². The minimum absolute atomic E-state index is 0.0734. The summed E-state index contributed by atoms with van der Waals surface area (Å²) < 4.78 is 25.3. The zero-order valence-electron chi connectivity index (χ0n) is 25.3. The first-order valence-electron chi connectivity index (χ1n) is 15.0. The Bertz CT molecular complexity index is 920. The third-order valence-corrected chi connectivity index (χ3v) is 15.1. The van der Waals surface area contributed by atoms with Crippen LogP contribution in [0.25, 0.3) is 0 Å². The highest BCUT2D eigenvalue weighted by Crippen LogP contribution is 2.55. The first-order chi connectivity index (χ1) is 17.6. The molecule has 2 bridgehead atoms. The van der Waals surface area contributed by atoms with E-state index in [4.69, 9.17) is 18.6 Å². The highest BCUT2D eigenvalue weighted by atomic mass is 28.4. The molecule has 1 saturated carbocycles. The molecule has 2 saturated heterocycles. The summed E-state index contributed by atoms with van der Waals surface area (Å²) in [6, 6.07) is 0. The quantitative estimate of drug-likeness (QED) is 0.188. The van der Waals surface area contributed by atoms with Gasteiger partial charge in [-0.1, -0.05) is 46.8 Å². The molecule has 2 aliphatic carbocycles. The van der Waals surface area contributed by atoms with Crippen molar-refractivity contribution in [3.8, 4) is 0 Å². The lowest BCUT2D eigenvalue weighted by molar-refractivity contribution is -0.176. The normalized spacial score (nSPS) is 37.5. The summed E-state index contributed by atoms with van der Waals surface area (Å²) in [6.45, 7) is 20.2. The van der Waals surface area contributed by atoms with E-state index in [1.165, 1.54) is 0 Å². The van der Waals surface area contributed by atoms with Crippen molar-refractivity contribution in [2.24, 2.45) is 29.1 Å². The summed E-state index contributed by atoms with van der Waals surface area (Å²) in [6.07, 6.45) is 9.65. The molecule has 38 heavy (non-hydrogen) atoms. The van der Waals surface area contributed by atoms with Crippen LogP contribution in [0.5, 0.6) is 0 Å². The molecule has 0 aromatic rings. The molecule has 6 nitrogen and oxygen atoms in total. The van der Waals surface area contributed by atoms with Crippen LogP contribution in [0.3, 0.4) is 0 Å². The maximum atomic E-state index is 13.2. The third kappa shape index (κ3) is 5.95. The average molecular weight is 549 g/mol. The van der Waals surface area contributed by atoms with Crippen molar-refractivity contribution in [3.05, 3.63) is 12.2 Å². The summed E-state index contributed by atoms with van der Waals surface area (Å²) in [5.41, 5.74) is -0.843. The Hall–Kier alpha value is -1.18. The number of esters is 2. The largest absolute Gasteiger partial charge is 0.462 e. The van der Waals surface area contributed by atoms with Gasteiger partial charge >= 0.3 is 11.9 Å². The number of rotatable bonds is 8. The molecule has 7 heteroatoms. The molecule has 2 aliphatic heterocycles. The van der Waals surface area contributed by atoms with Crippen LogP contribution < -0.4 is 0 Å². The third-order valence-electron chi connectivity index (χ3n) is 10.5. The Morgan fingerprint density at radius 2 is 1.87 bits per heavy atom. The van der Waals surface area contributed by atoms with Crippen molar-refractivity contribution < 1.29 is 28.2 Å². The zero-order valence-corrected chi connectivity index (χ0v) is 26.3. The summed E-state index contributed by atoms with van der Waals surface area (Å²) in [4.78, 5) is 25.8. The van der Waals surface area contributed by atoms with Crippen molar-refractivity contribution in [2.45, 2.75) is 135 Å². The highest BCUT2D eigenvalue weighted by Gasteiger charge is 2.59. The lowest BCUT2D eigenvalue weighted by Gasteiger charge is -2.50. The van der Waals surface area contributed by atoms with E-state index in [2.05, 4.69) is 52.9 Å². The Morgan fingerprint density at radius 3 is 2.53 bits per heavy atom. The van der Waals surface area contributed by atoms with Gasteiger partial charge in [-0.05, 0) is 81.8 Å². The van der Waals surface area contributed by atoms with E-state index >= 15 is 0 Å². The second-order valence-corrected chi connectivity index (χ2v) is 19.5. The van der Waals surface area contributed by atoms with Crippen LogP contribution in [-0.2, 0) is 28.2 Å². The summed E-state index contributed by atoms with van der Waals surface area (Å²) >= 11 is 0. The van der Waals surface area contributed by atoms with Gasteiger partial charge in [0.05, 0.1) is 30.1 Å². The van der Waals surface area contributed by atoms with Crippen LogP contribution in [0, 0.1) is 29.1 Å². The first-order valence-corrected chi connectivity index (χ1v) is 17.9. The van der Waals surface area contributed by atoms with E-state index in [0.29, 0.717) is 24.2 Å². The van der Waals surface area contributed by atoms with Gasteiger partial charge in [-0.15, -0.1) is 0 Å². The summed E-state index contributed by atoms with van der Waals surface area (Å²) in [5.74, 6) is 0.935. The topological polar surface area (TPSA) is 71.1 Å². The fourth-order valence-electron chi connectivity index (χ4n) is 6.75. The van der Waals surface area contributed by atoms with E-state index in [-0.39, 0.29) is 46.8 Å². The average Bonchev–Trinajstić information content (AvgIpc) is 3.14. The Balaban J connectivity index is 1.48. The fourth-order valence-corrected chi connectivity index (χ4v) is 8.12. The molecule has 1 spiro atoms. The van der Waals surface area contributed by atoms with E-state index in [1.54, 1.807) is 0 Å². The van der Waals surface area contributed by atoms with E-state index in [1.807, 2.05) is 20.8 Å². The van der Waals surface area contributed by atoms with Crippen LogP contribution in [-0.4, -0.2) is 50.8 Å². The number of carbonyl (C=O) groups excluding carboxylic acids is 2. The van der Waals surface area contributed by atoms with Crippen LogP contribution in [0.2, 0.25) is 18.1 Å². The van der Waals surface area contributed by atoms with Crippen LogP contribution >= 0.6 is 0 Å². The number of hydrogen-bond donors (Lipinski definition) is 0. The number of hydrogen-bond acceptors (Lipinski definition) is 6. The molecule has 0 radical (unpaired) electrons. The second kappa shape index (κ2) is 10.7. The Morgan fingerprint density at radius 1 is 1.16 bits per heavy atom. The number of fused-ring (bicyclic) bond motifs is 1. The van der Waals surface area contributed by atoms with Crippen molar-refractivity contribution in [2.75, 3.05) is 6.61 Å². The standard InChI is InChI=1S/C31H52O6Si/c1-10-30(6,7)28(33)36-25-15-21-18-31(34-19-21)14-13-20(2)24(27(25)31)12-11-22-16-23(17-26(32)35-22)37-38(8,9)29(3,4)5/h13-14,20-25,27H,10-12,15-19H2,1-9H3/t20-,21+,22+,23+,24-,25-,27-,31+/m0/s1. The van der Waals surface area contributed by atoms with Crippen LogP contribution in [0.15, 0.2) is 12.2 Å². The van der Waals surface area contributed by atoms with E-state index < -0.39 is 13.7 Å². The van der Waals surface area contributed by atoms with Gasteiger partial charge in [0, 0.05) is 12.3 Å². The molecular weight excluding hydrogens is 496 g/mol. The Kier molecular flexibility index (Phi) is 8.36. The van der Waals surface area contributed by atoms with Crippen LogP contribution in [0.1, 0.15) is 93.4 Å². The number of ether oxygens (including phenoxy) is 3.